The molecule has 1 N–H and O–H groups in total. The third-order valence-electron chi connectivity index (χ3n) is 3.33. The van der Waals surface area contributed by atoms with E-state index >= 15 is 0 Å². The average Bonchev–Trinajstić information content (AvgIpc) is 3.04. The first-order valence-corrected chi connectivity index (χ1v) is 9.16. The first kappa shape index (κ1) is 14.3. The summed E-state index contributed by atoms with van der Waals surface area (Å²) in [7, 11) is -3.56. The molecule has 1 saturated heterocycles. The molecule has 8 heteroatoms. The number of sulfonamides is 1. The van der Waals surface area contributed by atoms with E-state index in [0.717, 1.165) is 31.7 Å². The maximum Gasteiger partial charge on any atom is 0.272 e. The molecule has 0 bridgehead atoms. The second kappa shape index (κ2) is 5.98. The fourth-order valence-electron chi connectivity index (χ4n) is 2.28. The first-order chi connectivity index (χ1) is 10.1. The third-order valence-corrected chi connectivity index (χ3v) is 6.08. The second-order valence-corrected chi connectivity index (χ2v) is 7.72. The molecule has 0 spiro atoms. The smallest absolute Gasteiger partial charge is 0.272 e. The molecule has 21 heavy (non-hydrogen) atoms. The van der Waals surface area contributed by atoms with Crippen LogP contribution in [0.2, 0.25) is 0 Å². The van der Waals surface area contributed by atoms with E-state index in [9.17, 15) is 8.42 Å². The van der Waals surface area contributed by atoms with Crippen molar-refractivity contribution in [3.63, 3.8) is 0 Å². The lowest BCUT2D eigenvalue weighted by molar-refractivity contribution is 0.571. The van der Waals surface area contributed by atoms with Crippen molar-refractivity contribution in [2.24, 2.45) is 0 Å². The number of hydrogen-bond acceptors (Lipinski definition) is 6. The molecular formula is C13H16N4O2S2. The van der Waals surface area contributed by atoms with Gasteiger partial charge in [-0.1, -0.05) is 6.07 Å². The minimum absolute atomic E-state index is 0.240. The van der Waals surface area contributed by atoms with Crippen molar-refractivity contribution in [1.29, 1.82) is 0 Å². The molecule has 3 rings (SSSR count). The van der Waals surface area contributed by atoms with Crippen molar-refractivity contribution < 1.29 is 8.42 Å². The summed E-state index contributed by atoms with van der Waals surface area (Å²) in [6, 6.07) is 6.72. The number of anilines is 2. The molecular weight excluding hydrogens is 308 g/mol. The summed E-state index contributed by atoms with van der Waals surface area (Å²) < 4.78 is 26.9. The predicted octanol–water partition coefficient (Wildman–Crippen LogP) is 2.33. The van der Waals surface area contributed by atoms with Crippen LogP contribution in [0, 0.1) is 0 Å². The third kappa shape index (κ3) is 3.33. The number of nitrogens with one attached hydrogen (secondary N) is 1. The van der Waals surface area contributed by atoms with E-state index in [1.807, 2.05) is 6.07 Å². The van der Waals surface area contributed by atoms with Crippen LogP contribution in [0.5, 0.6) is 0 Å². The lowest BCUT2D eigenvalue weighted by atomic mass is 10.1. The largest absolute Gasteiger partial charge is 0.355 e. The minimum Gasteiger partial charge on any atom is -0.355 e. The molecule has 6 nitrogen and oxygen atoms in total. The van der Waals surface area contributed by atoms with Gasteiger partial charge in [0.15, 0.2) is 11.6 Å². The Bertz CT molecular complexity index is 677. The highest BCUT2D eigenvalue weighted by Crippen LogP contribution is 2.21. The number of nitrogens with zero attached hydrogens (tertiary/aromatic N) is 3. The maximum absolute atomic E-state index is 12.1. The SMILES string of the molecule is O=S(=O)(Nc1ccc(N2CCCCC2)nn1)c1cccs1. The Morgan fingerprint density at radius 3 is 2.52 bits per heavy atom. The van der Waals surface area contributed by atoms with Gasteiger partial charge in [0.05, 0.1) is 0 Å². The van der Waals surface area contributed by atoms with E-state index in [1.54, 1.807) is 23.6 Å². The summed E-state index contributed by atoms with van der Waals surface area (Å²) >= 11 is 1.17. The average molecular weight is 324 g/mol. The number of thiophene rings is 1. The molecule has 1 aliphatic heterocycles. The monoisotopic (exact) mass is 324 g/mol. The van der Waals surface area contributed by atoms with Crippen LogP contribution in [0.25, 0.3) is 0 Å². The molecule has 0 amide bonds. The molecule has 2 aromatic heterocycles. The van der Waals surface area contributed by atoms with E-state index < -0.39 is 10.0 Å². The Kier molecular flexibility index (Phi) is 4.07. The molecule has 2 aromatic rings. The van der Waals surface area contributed by atoms with Gasteiger partial charge in [0, 0.05) is 13.1 Å². The molecule has 3 heterocycles. The lowest BCUT2D eigenvalue weighted by Gasteiger charge is -2.27. The summed E-state index contributed by atoms with van der Waals surface area (Å²) in [5.74, 6) is 1.04. The van der Waals surface area contributed by atoms with Crippen LogP contribution in [0.3, 0.4) is 0 Å². The van der Waals surface area contributed by atoms with Crippen LogP contribution in [-0.4, -0.2) is 31.7 Å². The molecule has 0 atom stereocenters. The number of hydrogen-bond donors (Lipinski definition) is 1. The normalized spacial score (nSPS) is 15.9. The molecule has 112 valence electrons. The van der Waals surface area contributed by atoms with Gasteiger partial charge >= 0.3 is 0 Å². The van der Waals surface area contributed by atoms with Crippen molar-refractivity contribution in [2.75, 3.05) is 22.7 Å². The topological polar surface area (TPSA) is 75.2 Å². The quantitative estimate of drug-likeness (QED) is 0.934. The number of aromatic nitrogens is 2. The lowest BCUT2D eigenvalue weighted by Crippen LogP contribution is -2.30. The molecule has 0 radical (unpaired) electrons. The summed E-state index contributed by atoms with van der Waals surface area (Å²) in [4.78, 5) is 2.17. The van der Waals surface area contributed by atoms with Gasteiger partial charge in [0.25, 0.3) is 10.0 Å². The summed E-state index contributed by atoms with van der Waals surface area (Å²) in [6.07, 6.45) is 3.57. The summed E-state index contributed by atoms with van der Waals surface area (Å²) in [5.41, 5.74) is 0. The van der Waals surface area contributed by atoms with E-state index in [2.05, 4.69) is 19.8 Å². The van der Waals surface area contributed by atoms with Gasteiger partial charge in [-0.3, -0.25) is 4.72 Å². The zero-order chi connectivity index (χ0) is 14.7. The second-order valence-electron chi connectivity index (χ2n) is 4.86. The minimum atomic E-state index is -3.56. The Morgan fingerprint density at radius 1 is 1.10 bits per heavy atom. The Hall–Kier alpha value is -1.67. The van der Waals surface area contributed by atoms with Crippen molar-refractivity contribution in [3.05, 3.63) is 29.6 Å². The van der Waals surface area contributed by atoms with Crippen LogP contribution in [-0.2, 0) is 10.0 Å². The summed E-state index contributed by atoms with van der Waals surface area (Å²) in [5, 5.41) is 9.81. The molecule has 0 aromatic carbocycles. The zero-order valence-corrected chi connectivity index (χ0v) is 13.0. The van der Waals surface area contributed by atoms with Crippen molar-refractivity contribution in [1.82, 2.24) is 10.2 Å². The van der Waals surface area contributed by atoms with Gasteiger partial charge in [-0.2, -0.15) is 0 Å². The summed E-state index contributed by atoms with van der Waals surface area (Å²) in [6.45, 7) is 1.96. The molecule has 1 fully saturated rings. The van der Waals surface area contributed by atoms with E-state index in [4.69, 9.17) is 0 Å². The van der Waals surface area contributed by atoms with Crippen LogP contribution in [0.4, 0.5) is 11.6 Å². The Balaban J connectivity index is 1.72. The van der Waals surface area contributed by atoms with Crippen molar-refractivity contribution in [2.45, 2.75) is 23.5 Å². The van der Waals surface area contributed by atoms with E-state index in [1.165, 1.54) is 17.8 Å². The van der Waals surface area contributed by atoms with Crippen molar-refractivity contribution >= 4 is 33.0 Å². The maximum atomic E-state index is 12.1. The van der Waals surface area contributed by atoms with E-state index in [-0.39, 0.29) is 10.0 Å². The van der Waals surface area contributed by atoms with Crippen molar-refractivity contribution in [3.8, 4) is 0 Å². The molecule has 0 unspecified atom stereocenters. The van der Waals surface area contributed by atoms with Gasteiger partial charge in [-0.15, -0.1) is 21.5 Å². The Labute approximate surface area is 127 Å². The highest BCUT2D eigenvalue weighted by atomic mass is 32.2. The van der Waals surface area contributed by atoms with Gasteiger partial charge in [-0.05, 0) is 42.8 Å². The first-order valence-electron chi connectivity index (χ1n) is 6.80. The van der Waals surface area contributed by atoms with Gasteiger partial charge in [0.2, 0.25) is 0 Å². The fraction of sp³-hybridized carbons (Fsp3) is 0.385. The Morgan fingerprint density at radius 2 is 1.90 bits per heavy atom. The van der Waals surface area contributed by atoms with Crippen LogP contribution in [0.1, 0.15) is 19.3 Å². The van der Waals surface area contributed by atoms with Crippen LogP contribution >= 0.6 is 11.3 Å². The zero-order valence-electron chi connectivity index (χ0n) is 11.4. The van der Waals surface area contributed by atoms with E-state index in [0.29, 0.717) is 0 Å². The molecule has 0 aliphatic carbocycles. The highest BCUT2D eigenvalue weighted by Gasteiger charge is 2.17. The molecule has 0 saturated carbocycles. The van der Waals surface area contributed by atoms with Gasteiger partial charge in [-0.25, -0.2) is 8.42 Å². The standard InChI is InChI=1S/C13H16N4O2S2/c18-21(19,13-5-4-10-20-13)16-11-6-7-12(15-14-11)17-8-2-1-3-9-17/h4-7,10H,1-3,8-9H2,(H,14,16). The number of piperidine rings is 1. The van der Waals surface area contributed by atoms with Gasteiger partial charge < -0.3 is 4.90 Å². The fourth-order valence-corrected chi connectivity index (χ4v) is 4.26. The predicted molar refractivity (Wildman–Crippen MR) is 83.2 cm³/mol. The van der Waals surface area contributed by atoms with Crippen LogP contribution in [0.15, 0.2) is 33.9 Å². The highest BCUT2D eigenvalue weighted by molar-refractivity contribution is 7.94. The van der Waals surface area contributed by atoms with Crippen LogP contribution < -0.4 is 9.62 Å². The molecule has 1 aliphatic rings. The number of rotatable bonds is 4. The van der Waals surface area contributed by atoms with Gasteiger partial charge in [0.1, 0.15) is 4.21 Å².